The van der Waals surface area contributed by atoms with E-state index in [1.54, 1.807) is 6.07 Å². The maximum absolute atomic E-state index is 10.4. The highest BCUT2D eigenvalue weighted by Gasteiger charge is 2.10. The number of aryl methyl sites for hydroxylation is 1. The molecule has 1 rings (SSSR count). The Hall–Kier alpha value is -1.88. The van der Waals surface area contributed by atoms with Crippen molar-refractivity contribution >= 4 is 12.2 Å². The lowest BCUT2D eigenvalue weighted by Gasteiger charge is -2.11. The average molecular weight is 222 g/mol. The first-order chi connectivity index (χ1) is 7.74. The zero-order chi connectivity index (χ0) is 12.0. The van der Waals surface area contributed by atoms with Crippen LogP contribution in [0.25, 0.3) is 0 Å². The molecule has 0 aromatic heterocycles. The summed E-state index contributed by atoms with van der Waals surface area (Å²) < 4.78 is 0. The Morgan fingerprint density at radius 2 is 2.38 bits per heavy atom. The van der Waals surface area contributed by atoms with E-state index in [2.05, 4.69) is 15.3 Å². The summed E-state index contributed by atoms with van der Waals surface area (Å²) in [5, 5.41) is 15.4. The summed E-state index contributed by atoms with van der Waals surface area (Å²) in [6.45, 7) is 1.76. The third-order valence-electron chi connectivity index (χ3n) is 2.20. The van der Waals surface area contributed by atoms with Gasteiger partial charge in [0.1, 0.15) is 7.11 Å². The van der Waals surface area contributed by atoms with Gasteiger partial charge in [-0.2, -0.15) is 0 Å². The summed E-state index contributed by atoms with van der Waals surface area (Å²) in [5.41, 5.74) is 2.29. The van der Waals surface area contributed by atoms with E-state index in [1.165, 1.54) is 7.11 Å². The van der Waals surface area contributed by atoms with Crippen molar-refractivity contribution in [2.24, 2.45) is 5.16 Å². The molecule has 1 amide bonds. The smallest absolute Gasteiger partial charge is 0.212 e. The van der Waals surface area contributed by atoms with E-state index in [1.807, 2.05) is 19.1 Å². The minimum atomic E-state index is -0.120. The van der Waals surface area contributed by atoms with Crippen LogP contribution in [0.15, 0.2) is 23.4 Å². The van der Waals surface area contributed by atoms with Gasteiger partial charge in [-0.3, -0.25) is 4.79 Å². The minimum absolute atomic E-state index is 0.120. The fourth-order valence-corrected chi connectivity index (χ4v) is 1.43. The largest absolute Gasteiger partial charge is 0.397 e. The normalized spacial score (nSPS) is 11.1. The van der Waals surface area contributed by atoms with E-state index in [-0.39, 0.29) is 12.4 Å². The van der Waals surface area contributed by atoms with Gasteiger partial charge >= 0.3 is 0 Å². The Morgan fingerprint density at radius 1 is 1.62 bits per heavy atom. The van der Waals surface area contributed by atoms with E-state index in [4.69, 9.17) is 0 Å². The molecule has 86 valence electrons. The zero-order valence-corrected chi connectivity index (χ0v) is 9.23. The quantitative estimate of drug-likeness (QED) is 0.338. The van der Waals surface area contributed by atoms with Crippen LogP contribution in [0.3, 0.4) is 0 Å². The van der Waals surface area contributed by atoms with Gasteiger partial charge < -0.3 is 15.3 Å². The molecule has 16 heavy (non-hydrogen) atoms. The lowest BCUT2D eigenvalue weighted by molar-refractivity contribution is -0.108. The molecule has 2 N–H and O–H groups in total. The highest BCUT2D eigenvalue weighted by Crippen LogP contribution is 2.14. The fourth-order valence-electron chi connectivity index (χ4n) is 1.43. The van der Waals surface area contributed by atoms with Crippen LogP contribution in [-0.2, 0) is 16.2 Å². The SMILES string of the molecule is CO/N=C(/NC=O)c1cccc(C)c1CO. The van der Waals surface area contributed by atoms with Gasteiger partial charge in [-0.05, 0) is 18.1 Å². The number of hydrogen-bond acceptors (Lipinski definition) is 4. The standard InChI is InChI=1S/C11H14N2O3/c1-8-4-3-5-9(10(8)6-14)11(12-7-15)13-16-2/h3-5,7,14H,6H2,1-2H3,(H,12,13,15). The second-order valence-corrected chi connectivity index (χ2v) is 3.14. The molecule has 0 saturated carbocycles. The maximum atomic E-state index is 10.4. The molecule has 0 heterocycles. The van der Waals surface area contributed by atoms with Gasteiger partial charge in [-0.15, -0.1) is 0 Å². The zero-order valence-electron chi connectivity index (χ0n) is 9.23. The van der Waals surface area contributed by atoms with E-state index in [0.717, 1.165) is 5.56 Å². The number of carbonyl (C=O) groups is 1. The second-order valence-electron chi connectivity index (χ2n) is 3.14. The van der Waals surface area contributed by atoms with E-state index in [9.17, 15) is 9.90 Å². The molecule has 5 nitrogen and oxygen atoms in total. The predicted octanol–water partition coefficient (Wildman–Crippen LogP) is 0.541. The van der Waals surface area contributed by atoms with Crippen LogP contribution >= 0.6 is 0 Å². The molecular weight excluding hydrogens is 208 g/mol. The number of amidine groups is 1. The Kier molecular flexibility index (Phi) is 4.47. The molecule has 5 heteroatoms. The van der Waals surface area contributed by atoms with Gasteiger partial charge in [0.05, 0.1) is 6.61 Å². The average Bonchev–Trinajstić information content (AvgIpc) is 2.28. The Morgan fingerprint density at radius 3 is 2.94 bits per heavy atom. The number of hydrogen-bond donors (Lipinski definition) is 2. The van der Waals surface area contributed by atoms with E-state index < -0.39 is 0 Å². The molecule has 0 aliphatic carbocycles. The van der Waals surface area contributed by atoms with Crippen LogP contribution in [0.2, 0.25) is 0 Å². The van der Waals surface area contributed by atoms with Crippen molar-refractivity contribution < 1.29 is 14.7 Å². The first-order valence-corrected chi connectivity index (χ1v) is 4.75. The van der Waals surface area contributed by atoms with Crippen LogP contribution in [-0.4, -0.2) is 24.5 Å². The minimum Gasteiger partial charge on any atom is -0.397 e. The predicted molar refractivity (Wildman–Crippen MR) is 59.8 cm³/mol. The number of benzene rings is 1. The summed E-state index contributed by atoms with van der Waals surface area (Å²) >= 11 is 0. The number of nitrogens with one attached hydrogen (secondary N) is 1. The molecule has 0 aliphatic rings. The molecule has 1 aromatic rings. The molecule has 0 spiro atoms. The Balaban J connectivity index is 3.23. The third-order valence-corrected chi connectivity index (χ3v) is 2.20. The number of amides is 1. The Labute approximate surface area is 93.7 Å². The van der Waals surface area contributed by atoms with Crippen molar-refractivity contribution in [3.05, 3.63) is 34.9 Å². The van der Waals surface area contributed by atoms with Crippen LogP contribution in [0.5, 0.6) is 0 Å². The summed E-state index contributed by atoms with van der Waals surface area (Å²) in [6.07, 6.45) is 0.515. The second kappa shape index (κ2) is 5.87. The molecule has 1 aromatic carbocycles. The number of aliphatic hydroxyl groups is 1. The molecule has 0 atom stereocenters. The van der Waals surface area contributed by atoms with E-state index in [0.29, 0.717) is 17.5 Å². The summed E-state index contributed by atoms with van der Waals surface area (Å²) in [5.74, 6) is 0.283. The van der Waals surface area contributed by atoms with E-state index >= 15 is 0 Å². The highest BCUT2D eigenvalue weighted by atomic mass is 16.6. The number of rotatable bonds is 4. The van der Waals surface area contributed by atoms with Crippen molar-refractivity contribution in [3.8, 4) is 0 Å². The van der Waals surface area contributed by atoms with Crippen LogP contribution in [0.4, 0.5) is 0 Å². The van der Waals surface area contributed by atoms with Crippen molar-refractivity contribution in [1.29, 1.82) is 0 Å². The van der Waals surface area contributed by atoms with Crippen molar-refractivity contribution in [1.82, 2.24) is 5.32 Å². The summed E-state index contributed by atoms with van der Waals surface area (Å²) in [6, 6.07) is 5.45. The first-order valence-electron chi connectivity index (χ1n) is 4.75. The van der Waals surface area contributed by atoms with Crippen molar-refractivity contribution in [3.63, 3.8) is 0 Å². The lowest BCUT2D eigenvalue weighted by Crippen LogP contribution is -2.24. The number of carbonyl (C=O) groups excluding carboxylic acids is 1. The van der Waals surface area contributed by atoms with Gasteiger partial charge in [0, 0.05) is 5.56 Å². The highest BCUT2D eigenvalue weighted by molar-refractivity contribution is 6.04. The van der Waals surface area contributed by atoms with Crippen molar-refractivity contribution in [2.75, 3.05) is 7.11 Å². The number of aliphatic hydroxyl groups excluding tert-OH is 1. The lowest BCUT2D eigenvalue weighted by atomic mass is 10.0. The third kappa shape index (κ3) is 2.58. The van der Waals surface area contributed by atoms with Gasteiger partial charge in [0.2, 0.25) is 6.41 Å². The molecular formula is C11H14N2O3. The number of oxime groups is 1. The van der Waals surface area contributed by atoms with Gasteiger partial charge in [-0.1, -0.05) is 23.4 Å². The van der Waals surface area contributed by atoms with Gasteiger partial charge in [0.15, 0.2) is 5.84 Å². The summed E-state index contributed by atoms with van der Waals surface area (Å²) in [4.78, 5) is 15.1. The first kappa shape index (κ1) is 12.2. The van der Waals surface area contributed by atoms with Gasteiger partial charge in [-0.25, -0.2) is 0 Å². The maximum Gasteiger partial charge on any atom is 0.212 e. The van der Waals surface area contributed by atoms with Crippen LogP contribution in [0.1, 0.15) is 16.7 Å². The van der Waals surface area contributed by atoms with Crippen LogP contribution in [0, 0.1) is 6.92 Å². The van der Waals surface area contributed by atoms with Crippen molar-refractivity contribution in [2.45, 2.75) is 13.5 Å². The monoisotopic (exact) mass is 222 g/mol. The topological polar surface area (TPSA) is 70.9 Å². The molecule has 0 saturated heterocycles. The summed E-state index contributed by atoms with van der Waals surface area (Å²) in [7, 11) is 1.39. The fraction of sp³-hybridized carbons (Fsp3) is 0.273. The molecule has 0 radical (unpaired) electrons. The molecule has 0 aliphatic heterocycles. The Bertz CT molecular complexity index is 402. The molecule has 0 fully saturated rings. The molecule has 0 bridgehead atoms. The number of nitrogens with zero attached hydrogens (tertiary/aromatic N) is 1. The van der Waals surface area contributed by atoms with Crippen LogP contribution < -0.4 is 5.32 Å². The van der Waals surface area contributed by atoms with Gasteiger partial charge in [0.25, 0.3) is 0 Å². The molecule has 0 unspecified atom stereocenters.